The molecule has 1 aliphatic rings. The number of hydrogen-bond acceptors (Lipinski definition) is 5. The highest BCUT2D eigenvalue weighted by Gasteiger charge is 2.45. The Labute approximate surface area is 102 Å². The number of hydrogen-bond donors (Lipinski definition) is 1. The zero-order valence-corrected chi connectivity index (χ0v) is 10.3. The van der Waals surface area contributed by atoms with Crippen LogP contribution in [0.25, 0.3) is 10.3 Å². The van der Waals surface area contributed by atoms with Gasteiger partial charge in [-0.1, -0.05) is 11.3 Å². The summed E-state index contributed by atoms with van der Waals surface area (Å²) in [7, 11) is 1.64. The van der Waals surface area contributed by atoms with E-state index >= 15 is 0 Å². The summed E-state index contributed by atoms with van der Waals surface area (Å²) in [5.74, 6) is 0.803. The molecule has 2 N–H and O–H groups in total. The van der Waals surface area contributed by atoms with Crippen molar-refractivity contribution in [3.63, 3.8) is 0 Å². The molecule has 1 aromatic heterocycles. The quantitative estimate of drug-likeness (QED) is 0.904. The molecule has 0 amide bonds. The van der Waals surface area contributed by atoms with Crippen molar-refractivity contribution in [1.29, 1.82) is 0 Å². The molecular weight excluding hydrogens is 238 g/mol. The van der Waals surface area contributed by atoms with Crippen LogP contribution in [0.5, 0.6) is 5.75 Å². The Morgan fingerprint density at radius 1 is 1.53 bits per heavy atom. The average Bonchev–Trinajstić information content (AvgIpc) is 3.04. The molecule has 0 unspecified atom stereocenters. The van der Waals surface area contributed by atoms with E-state index in [0.29, 0.717) is 12.1 Å². The summed E-state index contributed by atoms with van der Waals surface area (Å²) in [5, 5.41) is 0. The molecule has 0 saturated heterocycles. The third-order valence-electron chi connectivity index (χ3n) is 3.47. The largest absolute Gasteiger partial charge is 0.496 e. The Hall–Kier alpha value is -1.33. The van der Waals surface area contributed by atoms with Crippen LogP contribution in [0.2, 0.25) is 0 Å². The van der Waals surface area contributed by atoms with Crippen LogP contribution in [0.3, 0.4) is 0 Å². The molecule has 90 valence electrons. The van der Waals surface area contributed by atoms with Gasteiger partial charge in [-0.2, -0.15) is 0 Å². The highest BCUT2D eigenvalue weighted by molar-refractivity contribution is 7.16. The van der Waals surface area contributed by atoms with Crippen molar-refractivity contribution in [2.45, 2.75) is 18.3 Å². The summed E-state index contributed by atoms with van der Waals surface area (Å²) in [6, 6.07) is 3.78. The molecule has 1 saturated carbocycles. The summed E-state index contributed by atoms with van der Waals surface area (Å²) >= 11 is 1.10. The van der Waals surface area contributed by atoms with E-state index in [4.69, 9.17) is 14.9 Å². The summed E-state index contributed by atoms with van der Waals surface area (Å²) < 4.78 is 11.4. The van der Waals surface area contributed by atoms with Gasteiger partial charge >= 0.3 is 4.94 Å². The molecular formula is C12H13NO3S. The minimum atomic E-state index is -0.281. The number of methoxy groups -OCH3 is 1. The van der Waals surface area contributed by atoms with Gasteiger partial charge in [0.2, 0.25) is 0 Å². The molecule has 0 aliphatic heterocycles. The third kappa shape index (κ3) is 1.57. The van der Waals surface area contributed by atoms with Gasteiger partial charge in [0.25, 0.3) is 0 Å². The lowest BCUT2D eigenvalue weighted by molar-refractivity contribution is 0.404. The molecule has 1 aliphatic carbocycles. The van der Waals surface area contributed by atoms with Crippen LogP contribution in [0.4, 0.5) is 0 Å². The first-order valence-electron chi connectivity index (χ1n) is 5.51. The second-order valence-corrected chi connectivity index (χ2v) is 5.42. The molecule has 1 fully saturated rings. The van der Waals surface area contributed by atoms with E-state index in [-0.39, 0.29) is 10.4 Å². The predicted octanol–water partition coefficient (Wildman–Crippen LogP) is 1.85. The fraction of sp³-hybridized carbons (Fsp3) is 0.417. The van der Waals surface area contributed by atoms with E-state index in [9.17, 15) is 4.79 Å². The molecule has 2 aromatic rings. The monoisotopic (exact) mass is 251 g/mol. The average molecular weight is 251 g/mol. The summed E-state index contributed by atoms with van der Waals surface area (Å²) in [6.07, 6.45) is 2.14. The van der Waals surface area contributed by atoms with E-state index in [0.717, 1.165) is 40.2 Å². The highest BCUT2D eigenvalue weighted by Crippen LogP contribution is 2.51. The van der Waals surface area contributed by atoms with Crippen LogP contribution in [0, 0.1) is 0 Å². The molecule has 17 heavy (non-hydrogen) atoms. The number of rotatable bonds is 3. The standard InChI is InChI=1S/C12H13NO3S/c1-15-8-5-10-9(16-11(14)17-10)4-7(8)12(6-13)2-3-12/h4-5H,2-3,6,13H2,1H3. The second kappa shape index (κ2) is 3.58. The lowest BCUT2D eigenvalue weighted by Gasteiger charge is -2.16. The van der Waals surface area contributed by atoms with Crippen molar-refractivity contribution in [2.75, 3.05) is 13.7 Å². The van der Waals surface area contributed by atoms with Gasteiger partial charge in [0.15, 0.2) is 0 Å². The molecule has 1 aromatic carbocycles. The van der Waals surface area contributed by atoms with E-state index in [1.165, 1.54) is 0 Å². The lowest BCUT2D eigenvalue weighted by atomic mass is 9.95. The van der Waals surface area contributed by atoms with Crippen LogP contribution in [0.1, 0.15) is 18.4 Å². The third-order valence-corrected chi connectivity index (χ3v) is 4.26. The van der Waals surface area contributed by atoms with Crippen molar-refractivity contribution >= 4 is 21.6 Å². The van der Waals surface area contributed by atoms with Crippen LogP contribution < -0.4 is 15.4 Å². The molecule has 4 nitrogen and oxygen atoms in total. The SMILES string of the molecule is COc1cc2sc(=O)oc2cc1C1(CN)CC1. The van der Waals surface area contributed by atoms with Gasteiger partial charge in [-0.25, -0.2) is 4.79 Å². The fourth-order valence-electron chi connectivity index (χ4n) is 2.22. The van der Waals surface area contributed by atoms with Crippen LogP contribution in [-0.2, 0) is 5.41 Å². The molecule has 5 heteroatoms. The number of ether oxygens (including phenoxy) is 1. The molecule has 0 radical (unpaired) electrons. The Bertz CT molecular complexity index is 624. The van der Waals surface area contributed by atoms with Gasteiger partial charge in [0.05, 0.1) is 11.8 Å². The highest BCUT2D eigenvalue weighted by atomic mass is 32.1. The molecule has 3 rings (SSSR count). The Kier molecular flexibility index (Phi) is 2.27. The van der Waals surface area contributed by atoms with Crippen molar-refractivity contribution in [3.05, 3.63) is 27.4 Å². The maximum absolute atomic E-state index is 11.2. The summed E-state index contributed by atoms with van der Waals surface area (Å²) in [6.45, 7) is 0.600. The normalized spacial score (nSPS) is 17.3. The minimum absolute atomic E-state index is 0.0278. The molecule has 0 spiro atoms. The topological polar surface area (TPSA) is 65.5 Å². The lowest BCUT2D eigenvalue weighted by Crippen LogP contribution is -2.20. The van der Waals surface area contributed by atoms with Crippen molar-refractivity contribution in [2.24, 2.45) is 5.73 Å². The minimum Gasteiger partial charge on any atom is -0.496 e. The van der Waals surface area contributed by atoms with Crippen LogP contribution >= 0.6 is 11.3 Å². The van der Waals surface area contributed by atoms with Gasteiger partial charge in [-0.05, 0) is 18.9 Å². The van der Waals surface area contributed by atoms with Gasteiger partial charge in [-0.3, -0.25) is 0 Å². The summed E-state index contributed by atoms with van der Waals surface area (Å²) in [4.78, 5) is 10.9. The first-order chi connectivity index (χ1) is 8.18. The van der Waals surface area contributed by atoms with Gasteiger partial charge in [0.1, 0.15) is 11.3 Å². The molecule has 1 heterocycles. The maximum atomic E-state index is 11.2. The predicted molar refractivity (Wildman–Crippen MR) is 66.9 cm³/mol. The Balaban J connectivity index is 2.25. The number of fused-ring (bicyclic) bond motifs is 1. The van der Waals surface area contributed by atoms with Crippen molar-refractivity contribution in [1.82, 2.24) is 0 Å². The Morgan fingerprint density at radius 3 is 2.88 bits per heavy atom. The zero-order valence-electron chi connectivity index (χ0n) is 9.49. The first kappa shape index (κ1) is 10.8. The van der Waals surface area contributed by atoms with Crippen molar-refractivity contribution in [3.8, 4) is 5.75 Å². The van der Waals surface area contributed by atoms with Crippen molar-refractivity contribution < 1.29 is 9.15 Å². The summed E-state index contributed by atoms with van der Waals surface area (Å²) in [5.41, 5.74) is 7.56. The first-order valence-corrected chi connectivity index (χ1v) is 6.32. The maximum Gasteiger partial charge on any atom is 0.396 e. The Morgan fingerprint density at radius 2 is 2.29 bits per heavy atom. The second-order valence-electron chi connectivity index (χ2n) is 4.44. The van der Waals surface area contributed by atoms with E-state index < -0.39 is 0 Å². The number of nitrogens with two attached hydrogens (primary N) is 1. The van der Waals surface area contributed by atoms with Gasteiger partial charge in [0, 0.05) is 23.6 Å². The van der Waals surface area contributed by atoms with Crippen LogP contribution in [-0.4, -0.2) is 13.7 Å². The van der Waals surface area contributed by atoms with E-state index in [2.05, 4.69) is 0 Å². The fourth-order valence-corrected chi connectivity index (χ4v) is 2.90. The molecule has 0 bridgehead atoms. The number of benzene rings is 1. The van der Waals surface area contributed by atoms with Gasteiger partial charge in [-0.15, -0.1) is 0 Å². The van der Waals surface area contributed by atoms with Crippen LogP contribution in [0.15, 0.2) is 21.3 Å². The smallest absolute Gasteiger partial charge is 0.396 e. The van der Waals surface area contributed by atoms with Gasteiger partial charge < -0.3 is 14.9 Å². The zero-order chi connectivity index (χ0) is 12.0. The van der Waals surface area contributed by atoms with E-state index in [1.807, 2.05) is 12.1 Å². The molecule has 0 atom stereocenters. The van der Waals surface area contributed by atoms with E-state index in [1.54, 1.807) is 7.11 Å².